The average Bonchev–Trinajstić information content (AvgIpc) is 2.86. The van der Waals surface area contributed by atoms with Crippen molar-refractivity contribution in [1.82, 2.24) is 15.0 Å². The topological polar surface area (TPSA) is 90.9 Å². The zero-order chi connectivity index (χ0) is 12.8. The molecular weight excluding hydrogens is 252 g/mol. The predicted octanol–water partition coefficient (Wildman–Crippen LogP) is 0.591. The van der Waals surface area contributed by atoms with E-state index >= 15 is 0 Å². The molecule has 7 heteroatoms. The summed E-state index contributed by atoms with van der Waals surface area (Å²) in [4.78, 5) is 0. The maximum atomic E-state index is 11.8. The molecule has 1 saturated heterocycles. The van der Waals surface area contributed by atoms with E-state index in [4.69, 9.17) is 5.73 Å². The molecule has 0 saturated carbocycles. The van der Waals surface area contributed by atoms with Crippen LogP contribution in [0.2, 0.25) is 0 Å². The summed E-state index contributed by atoms with van der Waals surface area (Å²) >= 11 is 0. The van der Waals surface area contributed by atoms with Crippen molar-refractivity contribution >= 4 is 26.6 Å². The third-order valence-electron chi connectivity index (χ3n) is 3.42. The fraction of sp³-hybridized carbons (Fsp3) is 0.455. The number of aromatic nitrogens is 3. The SMILES string of the molecule is Nc1cccc2c1nnn2CC1CCCS1(=O)=O. The summed E-state index contributed by atoms with van der Waals surface area (Å²) in [7, 11) is -2.96. The summed E-state index contributed by atoms with van der Waals surface area (Å²) < 4.78 is 25.2. The minimum absolute atomic E-state index is 0.284. The van der Waals surface area contributed by atoms with E-state index in [0.29, 0.717) is 24.2 Å². The number of rotatable bonds is 2. The first-order chi connectivity index (χ1) is 8.58. The van der Waals surface area contributed by atoms with Gasteiger partial charge in [-0.2, -0.15) is 0 Å². The molecule has 0 spiro atoms. The highest BCUT2D eigenvalue weighted by Crippen LogP contribution is 2.24. The van der Waals surface area contributed by atoms with E-state index in [1.165, 1.54) is 0 Å². The summed E-state index contributed by atoms with van der Waals surface area (Å²) in [5.74, 6) is 0.284. The van der Waals surface area contributed by atoms with Gasteiger partial charge in [-0.25, -0.2) is 13.1 Å². The summed E-state index contributed by atoms with van der Waals surface area (Å²) in [5, 5.41) is 7.66. The molecule has 0 radical (unpaired) electrons. The second kappa shape index (κ2) is 3.94. The van der Waals surface area contributed by atoms with Crippen molar-refractivity contribution < 1.29 is 8.42 Å². The second-order valence-corrected chi connectivity index (χ2v) is 7.02. The van der Waals surface area contributed by atoms with Crippen LogP contribution >= 0.6 is 0 Å². The van der Waals surface area contributed by atoms with Crippen LogP contribution in [0.25, 0.3) is 11.0 Å². The average molecular weight is 266 g/mol. The minimum Gasteiger partial charge on any atom is -0.397 e. The zero-order valence-electron chi connectivity index (χ0n) is 9.78. The second-order valence-electron chi connectivity index (χ2n) is 4.62. The molecule has 3 rings (SSSR count). The summed E-state index contributed by atoms with van der Waals surface area (Å²) in [6.45, 7) is 0.363. The molecule has 18 heavy (non-hydrogen) atoms. The van der Waals surface area contributed by atoms with E-state index in [-0.39, 0.29) is 11.0 Å². The van der Waals surface area contributed by atoms with Gasteiger partial charge in [0.2, 0.25) is 0 Å². The third-order valence-corrected chi connectivity index (χ3v) is 5.67. The lowest BCUT2D eigenvalue weighted by molar-refractivity contribution is 0.540. The first-order valence-electron chi connectivity index (χ1n) is 5.87. The van der Waals surface area contributed by atoms with Crippen LogP contribution in [0, 0.1) is 0 Å². The molecule has 0 aliphatic carbocycles. The number of benzene rings is 1. The highest BCUT2D eigenvalue weighted by Gasteiger charge is 2.32. The Morgan fingerprint density at radius 1 is 1.44 bits per heavy atom. The lowest BCUT2D eigenvalue weighted by Crippen LogP contribution is -2.22. The number of nitrogen functional groups attached to an aromatic ring is 1. The van der Waals surface area contributed by atoms with Gasteiger partial charge in [0.15, 0.2) is 9.84 Å². The Morgan fingerprint density at radius 3 is 3.00 bits per heavy atom. The largest absolute Gasteiger partial charge is 0.397 e. The van der Waals surface area contributed by atoms with Crippen LogP contribution in [-0.4, -0.2) is 34.4 Å². The summed E-state index contributed by atoms with van der Waals surface area (Å²) in [6, 6.07) is 5.43. The first kappa shape index (κ1) is 11.5. The van der Waals surface area contributed by atoms with Crippen molar-refractivity contribution in [3.05, 3.63) is 18.2 Å². The lowest BCUT2D eigenvalue weighted by atomic mass is 10.2. The van der Waals surface area contributed by atoms with Gasteiger partial charge in [0.25, 0.3) is 0 Å². The maximum Gasteiger partial charge on any atom is 0.154 e. The first-order valence-corrected chi connectivity index (χ1v) is 7.59. The smallest absolute Gasteiger partial charge is 0.154 e. The van der Waals surface area contributed by atoms with E-state index in [1.807, 2.05) is 12.1 Å². The van der Waals surface area contributed by atoms with E-state index in [9.17, 15) is 8.42 Å². The summed E-state index contributed by atoms with van der Waals surface area (Å²) in [5.41, 5.74) is 7.78. The number of hydrogen-bond acceptors (Lipinski definition) is 5. The van der Waals surface area contributed by atoms with Crippen molar-refractivity contribution in [2.75, 3.05) is 11.5 Å². The summed E-state index contributed by atoms with van der Waals surface area (Å²) in [6.07, 6.45) is 1.44. The standard InChI is InChI=1S/C11H14N4O2S/c12-9-4-1-5-10-11(9)13-14-15(10)7-8-3-2-6-18(8,16)17/h1,4-5,8H,2-3,6-7,12H2. The quantitative estimate of drug-likeness (QED) is 0.803. The Bertz CT molecular complexity index is 692. The van der Waals surface area contributed by atoms with Crippen LogP contribution in [0.4, 0.5) is 5.69 Å². The minimum atomic E-state index is -2.96. The number of fused-ring (bicyclic) bond motifs is 1. The van der Waals surface area contributed by atoms with Gasteiger partial charge in [-0.15, -0.1) is 5.10 Å². The van der Waals surface area contributed by atoms with Crippen molar-refractivity contribution in [2.45, 2.75) is 24.6 Å². The highest BCUT2D eigenvalue weighted by molar-refractivity contribution is 7.92. The number of hydrogen-bond donors (Lipinski definition) is 1. The Kier molecular flexibility index (Phi) is 2.51. The zero-order valence-corrected chi connectivity index (χ0v) is 10.6. The van der Waals surface area contributed by atoms with Gasteiger partial charge >= 0.3 is 0 Å². The maximum absolute atomic E-state index is 11.8. The molecule has 2 aromatic rings. The van der Waals surface area contributed by atoms with Crippen LogP contribution in [0.1, 0.15) is 12.8 Å². The Hall–Kier alpha value is -1.63. The Morgan fingerprint density at radius 2 is 2.28 bits per heavy atom. The molecule has 0 amide bonds. The fourth-order valence-electron chi connectivity index (χ4n) is 2.40. The number of anilines is 1. The number of nitrogens with two attached hydrogens (primary N) is 1. The van der Waals surface area contributed by atoms with Gasteiger partial charge in [0, 0.05) is 0 Å². The molecule has 1 aliphatic heterocycles. The van der Waals surface area contributed by atoms with Gasteiger partial charge in [-0.05, 0) is 25.0 Å². The number of sulfone groups is 1. The molecule has 0 bridgehead atoms. The van der Waals surface area contributed by atoms with Crippen molar-refractivity contribution in [3.63, 3.8) is 0 Å². The molecule has 1 aromatic carbocycles. The van der Waals surface area contributed by atoms with Crippen LogP contribution in [0.3, 0.4) is 0 Å². The van der Waals surface area contributed by atoms with Crippen LogP contribution in [0.5, 0.6) is 0 Å². The fourth-order valence-corrected chi connectivity index (χ4v) is 4.20. The van der Waals surface area contributed by atoms with Gasteiger partial charge in [-0.3, -0.25) is 0 Å². The lowest BCUT2D eigenvalue weighted by Gasteiger charge is -2.09. The monoisotopic (exact) mass is 266 g/mol. The van der Waals surface area contributed by atoms with E-state index < -0.39 is 9.84 Å². The normalized spacial score (nSPS) is 22.6. The molecule has 1 aromatic heterocycles. The van der Waals surface area contributed by atoms with E-state index in [0.717, 1.165) is 11.9 Å². The molecule has 96 valence electrons. The van der Waals surface area contributed by atoms with Crippen molar-refractivity contribution in [1.29, 1.82) is 0 Å². The molecule has 2 heterocycles. The molecule has 1 atom stereocenters. The molecule has 1 unspecified atom stereocenters. The predicted molar refractivity (Wildman–Crippen MR) is 68.7 cm³/mol. The Balaban J connectivity index is 1.99. The van der Waals surface area contributed by atoms with Crippen LogP contribution in [-0.2, 0) is 16.4 Å². The van der Waals surface area contributed by atoms with Crippen molar-refractivity contribution in [3.8, 4) is 0 Å². The van der Waals surface area contributed by atoms with E-state index in [1.54, 1.807) is 10.7 Å². The van der Waals surface area contributed by atoms with Crippen molar-refractivity contribution in [2.24, 2.45) is 0 Å². The van der Waals surface area contributed by atoms with Gasteiger partial charge in [-0.1, -0.05) is 11.3 Å². The van der Waals surface area contributed by atoms with Gasteiger partial charge in [0.1, 0.15) is 5.52 Å². The molecule has 6 nitrogen and oxygen atoms in total. The molecular formula is C11H14N4O2S. The molecule has 1 aliphatic rings. The van der Waals surface area contributed by atoms with Gasteiger partial charge < -0.3 is 5.73 Å². The third kappa shape index (κ3) is 1.74. The van der Waals surface area contributed by atoms with Crippen LogP contribution < -0.4 is 5.73 Å². The van der Waals surface area contributed by atoms with Crippen LogP contribution in [0.15, 0.2) is 18.2 Å². The van der Waals surface area contributed by atoms with E-state index in [2.05, 4.69) is 10.3 Å². The molecule has 1 fully saturated rings. The van der Waals surface area contributed by atoms with Gasteiger partial charge in [0.05, 0.1) is 28.8 Å². The molecule has 2 N–H and O–H groups in total. The highest BCUT2D eigenvalue weighted by atomic mass is 32.2. The number of nitrogens with zero attached hydrogens (tertiary/aromatic N) is 3. The Labute approximate surface area is 105 Å².